The average molecular weight is 793 g/mol. The molecule has 2 atom stereocenters. The Hall–Kier alpha value is -5.90. The fourth-order valence-electron chi connectivity index (χ4n) is 7.16. The number of aromatic nitrogens is 3. The Labute approximate surface area is 326 Å². The number of hydrogen-bond donors (Lipinski definition) is 3. The number of hydrogen-bond acceptors (Lipinski definition) is 13. The quantitative estimate of drug-likeness (QED) is 0.0459. The second-order valence-corrected chi connectivity index (χ2v) is 13.7. The molecule has 2 unspecified atom stereocenters. The van der Waals surface area contributed by atoms with E-state index < -0.39 is 23.6 Å². The molecule has 2 aromatic carbocycles. The van der Waals surface area contributed by atoms with Crippen LogP contribution in [0.5, 0.6) is 17.4 Å². The van der Waals surface area contributed by atoms with Crippen LogP contribution in [0.1, 0.15) is 56.5 Å². The zero-order chi connectivity index (χ0) is 40.4. The Kier molecular flexibility index (Phi) is 14.1. The molecule has 2 aromatic heterocycles. The molecule has 1 aliphatic carbocycles. The van der Waals surface area contributed by atoms with Crippen molar-refractivity contribution in [1.82, 2.24) is 19.5 Å². The number of morpholine rings is 1. The van der Waals surface area contributed by atoms with Crippen LogP contribution in [0.3, 0.4) is 0 Å². The summed E-state index contributed by atoms with van der Waals surface area (Å²) in [7, 11) is 0. The number of esters is 1. The summed E-state index contributed by atoms with van der Waals surface area (Å²) in [5.41, 5.74) is 2.53. The molecule has 4 aromatic rings. The predicted octanol–water partition coefficient (Wildman–Crippen LogP) is 7.06. The van der Waals surface area contributed by atoms with Gasteiger partial charge in [-0.3, -0.25) is 5.10 Å². The number of rotatable bonds is 11. The number of aromatic amines is 1. The van der Waals surface area contributed by atoms with Crippen LogP contribution in [-0.4, -0.2) is 84.2 Å². The van der Waals surface area contributed by atoms with Gasteiger partial charge in [0.25, 0.3) is 5.69 Å². The first-order chi connectivity index (χ1) is 27.0. The third kappa shape index (κ3) is 9.48. The normalized spacial score (nSPS) is 19.3. The van der Waals surface area contributed by atoms with E-state index in [2.05, 4.69) is 40.9 Å². The zero-order valence-electron chi connectivity index (χ0n) is 31.6. The molecule has 1 amide bonds. The SMILES string of the molecule is O=S=O.[C-]#[N+]c1c(C(=O)OC2C(C)CC(C)CC2C)c2nc(-c3ccc(OCC)c(Nc4cc(C)ccc4O/C=C/OO)c3)[nH]n2c1OC(=O)N1CCOCC1. The van der Waals surface area contributed by atoms with E-state index >= 15 is 0 Å². The number of carbonyl (C=O) groups is 2. The van der Waals surface area contributed by atoms with E-state index in [0.717, 1.165) is 24.7 Å². The molecule has 1 saturated carbocycles. The topological polar surface area (TPSA) is 197 Å². The van der Waals surface area contributed by atoms with Crippen molar-refractivity contribution in [1.29, 1.82) is 0 Å². The van der Waals surface area contributed by atoms with Gasteiger partial charge in [0.15, 0.2) is 17.7 Å². The molecule has 0 radical (unpaired) electrons. The molecule has 0 spiro atoms. The second-order valence-electron chi connectivity index (χ2n) is 13.6. The van der Waals surface area contributed by atoms with Crippen molar-refractivity contribution in [3.8, 4) is 28.8 Å². The van der Waals surface area contributed by atoms with Crippen LogP contribution in [0.4, 0.5) is 21.9 Å². The molecule has 2 fully saturated rings. The summed E-state index contributed by atoms with van der Waals surface area (Å²) in [6.07, 6.45) is 2.97. The molecular formula is C38H44N6O11S. The lowest BCUT2D eigenvalue weighted by atomic mass is 9.75. The molecule has 6 rings (SSSR count). The highest BCUT2D eigenvalue weighted by Gasteiger charge is 2.38. The Morgan fingerprint density at radius 2 is 1.75 bits per heavy atom. The van der Waals surface area contributed by atoms with Gasteiger partial charge in [0.1, 0.15) is 29.4 Å². The molecule has 1 aliphatic heterocycles. The van der Waals surface area contributed by atoms with E-state index in [1.807, 2.05) is 32.0 Å². The number of benzene rings is 2. The maximum Gasteiger partial charge on any atom is 0.415 e. The Balaban J connectivity index is 0.00000194. The van der Waals surface area contributed by atoms with E-state index in [-0.39, 0.29) is 40.7 Å². The minimum atomic E-state index is -0.750. The van der Waals surface area contributed by atoms with Gasteiger partial charge in [-0.15, -0.1) is 0 Å². The molecule has 2 aliphatic rings. The number of H-pyrrole nitrogens is 1. The lowest BCUT2D eigenvalue weighted by molar-refractivity contribution is -0.187. The van der Waals surface area contributed by atoms with Crippen LogP contribution in [0.15, 0.2) is 48.9 Å². The van der Waals surface area contributed by atoms with Crippen LogP contribution in [-0.2, 0) is 25.9 Å². The number of aryl methyl sites for hydroxylation is 1. The van der Waals surface area contributed by atoms with Crippen molar-refractivity contribution >= 4 is 46.3 Å². The third-order valence-electron chi connectivity index (χ3n) is 9.46. The number of amides is 1. The van der Waals surface area contributed by atoms with Gasteiger partial charge in [-0.05, 0) is 80.3 Å². The average Bonchev–Trinajstić information content (AvgIpc) is 3.73. The van der Waals surface area contributed by atoms with Crippen LogP contribution < -0.4 is 19.5 Å². The van der Waals surface area contributed by atoms with E-state index in [1.54, 1.807) is 18.2 Å². The van der Waals surface area contributed by atoms with Crippen molar-refractivity contribution in [3.05, 3.63) is 71.5 Å². The largest absolute Gasteiger partial charge is 0.492 e. The van der Waals surface area contributed by atoms with Gasteiger partial charge >= 0.3 is 23.6 Å². The van der Waals surface area contributed by atoms with Gasteiger partial charge in [0.2, 0.25) is 5.88 Å². The number of anilines is 2. The molecule has 298 valence electrons. The highest BCUT2D eigenvalue weighted by atomic mass is 32.1. The standard InChI is InChI=1S/C38H44N6O9.O2S/c1-7-49-29-11-9-26(21-28(29)40-27-20-22(2)8-10-30(27)50-16-17-51-47)34-41-35-31(37(45)52-33-24(4)18-23(3)19-25(33)5)32(39-6)36(44(35)42-34)53-38(46)43-12-14-48-15-13-43;1-3-2/h8-11,16-17,20-21,23-25,33,40,47H,7,12-15,18-19H2,1-5H3,(H,41,42);/b17-16+;. The van der Waals surface area contributed by atoms with E-state index in [0.29, 0.717) is 73.1 Å². The van der Waals surface area contributed by atoms with Crippen LogP contribution in [0.25, 0.3) is 21.9 Å². The minimum absolute atomic E-state index is 0.0842. The summed E-state index contributed by atoms with van der Waals surface area (Å²) in [5.74, 6) is 1.18. The fourth-order valence-corrected chi connectivity index (χ4v) is 7.16. The van der Waals surface area contributed by atoms with Crippen LogP contribution >= 0.6 is 0 Å². The van der Waals surface area contributed by atoms with E-state index in [9.17, 15) is 9.59 Å². The summed E-state index contributed by atoms with van der Waals surface area (Å²) in [4.78, 5) is 41.4. The first-order valence-corrected chi connectivity index (χ1v) is 18.7. The Morgan fingerprint density at radius 3 is 2.41 bits per heavy atom. The second kappa shape index (κ2) is 19.1. The summed E-state index contributed by atoms with van der Waals surface area (Å²) in [5, 5.41) is 15.2. The number of ether oxygens (including phenoxy) is 5. The van der Waals surface area contributed by atoms with E-state index in [4.69, 9.17) is 48.9 Å². The highest BCUT2D eigenvalue weighted by molar-refractivity contribution is 7.51. The van der Waals surface area contributed by atoms with Gasteiger partial charge in [-0.25, -0.2) is 29.2 Å². The van der Waals surface area contributed by atoms with Crippen molar-refractivity contribution in [3.63, 3.8) is 0 Å². The van der Waals surface area contributed by atoms with Crippen molar-refractivity contribution in [2.24, 2.45) is 17.8 Å². The van der Waals surface area contributed by atoms with Gasteiger partial charge in [0.05, 0.1) is 37.8 Å². The molecule has 3 N–H and O–H groups in total. The van der Waals surface area contributed by atoms with Gasteiger partial charge < -0.3 is 38.8 Å². The first kappa shape index (κ1) is 41.3. The summed E-state index contributed by atoms with van der Waals surface area (Å²) >= 11 is -0.750. The minimum Gasteiger partial charge on any atom is -0.492 e. The zero-order valence-corrected chi connectivity index (χ0v) is 32.4. The molecule has 18 heteroatoms. The van der Waals surface area contributed by atoms with Crippen molar-refractivity contribution in [2.45, 2.75) is 53.6 Å². The van der Waals surface area contributed by atoms with Gasteiger partial charge in [-0.2, -0.15) is 8.42 Å². The molecule has 1 saturated heterocycles. The highest BCUT2D eigenvalue weighted by Crippen LogP contribution is 2.42. The summed E-state index contributed by atoms with van der Waals surface area (Å²) in [6.45, 7) is 20.0. The third-order valence-corrected chi connectivity index (χ3v) is 9.46. The lowest BCUT2D eigenvalue weighted by Crippen LogP contribution is -2.42. The molecule has 56 heavy (non-hydrogen) atoms. The van der Waals surface area contributed by atoms with Crippen molar-refractivity contribution < 1.29 is 51.8 Å². The first-order valence-electron chi connectivity index (χ1n) is 18.0. The molecule has 0 bridgehead atoms. The molecular weight excluding hydrogens is 749 g/mol. The van der Waals surface area contributed by atoms with Crippen LogP contribution in [0, 0.1) is 31.2 Å². The van der Waals surface area contributed by atoms with Crippen molar-refractivity contribution in [2.75, 3.05) is 38.2 Å². The van der Waals surface area contributed by atoms with E-state index in [1.165, 1.54) is 15.7 Å². The molecule has 17 nitrogen and oxygen atoms in total. The fraction of sp³-hybridized carbons (Fsp3) is 0.421. The maximum absolute atomic E-state index is 14.1. The number of carbonyl (C=O) groups excluding carboxylic acids is 2. The number of fused-ring (bicyclic) bond motifs is 1. The number of nitrogens with one attached hydrogen (secondary N) is 2. The molecule has 3 heterocycles. The lowest BCUT2D eigenvalue weighted by Gasteiger charge is -2.37. The van der Waals surface area contributed by atoms with Gasteiger partial charge in [0, 0.05) is 18.7 Å². The van der Waals surface area contributed by atoms with Crippen LogP contribution in [0.2, 0.25) is 0 Å². The smallest absolute Gasteiger partial charge is 0.415 e. The number of nitrogens with zero attached hydrogens (tertiary/aromatic N) is 4. The monoisotopic (exact) mass is 792 g/mol. The van der Waals surface area contributed by atoms with Gasteiger partial charge in [-0.1, -0.05) is 26.8 Å². The summed E-state index contributed by atoms with van der Waals surface area (Å²) in [6, 6.07) is 10.9. The maximum atomic E-state index is 14.1. The Bertz CT molecular complexity index is 2120. The summed E-state index contributed by atoms with van der Waals surface area (Å²) < 4.78 is 46.9. The Morgan fingerprint density at radius 1 is 1.07 bits per heavy atom. The predicted molar refractivity (Wildman–Crippen MR) is 204 cm³/mol.